The van der Waals surface area contributed by atoms with Crippen LogP contribution in [0.25, 0.3) is 0 Å². The molecule has 0 saturated carbocycles. The fraction of sp³-hybridized carbons (Fsp3) is 1.00. The predicted octanol–water partition coefficient (Wildman–Crippen LogP) is 3.87. The van der Waals surface area contributed by atoms with Crippen LogP contribution in [0.2, 0.25) is 0 Å². The molecule has 64 valence electrons. The molecule has 0 N–H and O–H groups in total. The molecule has 0 aliphatic heterocycles. The molecule has 10 heavy (non-hydrogen) atoms. The molecule has 0 aromatic heterocycles. The molecule has 0 atom stereocenters. The third-order valence-corrected chi connectivity index (χ3v) is 1.97. The van der Waals surface area contributed by atoms with E-state index in [4.69, 9.17) is 0 Å². The van der Waals surface area contributed by atoms with Gasteiger partial charge in [-0.3, -0.25) is 0 Å². The van der Waals surface area contributed by atoms with Crippen molar-refractivity contribution in [1.29, 1.82) is 0 Å². The number of halogens is 3. The van der Waals surface area contributed by atoms with Crippen LogP contribution in [-0.2, 0) is 0 Å². The van der Waals surface area contributed by atoms with Crippen LogP contribution in [0.15, 0.2) is 0 Å². The first-order chi connectivity index (χ1) is 4.65. The summed E-state index contributed by atoms with van der Waals surface area (Å²) in [6.45, 7) is 0. The quantitative estimate of drug-likeness (QED) is 0.486. The van der Waals surface area contributed by atoms with Gasteiger partial charge in [0.25, 0.3) is 0 Å². The van der Waals surface area contributed by atoms with Gasteiger partial charge in [-0.2, -0.15) is 23.5 Å². The summed E-state index contributed by atoms with van der Waals surface area (Å²) in [5, 5.41) is 0. The van der Waals surface area contributed by atoms with Crippen molar-refractivity contribution in [2.75, 3.05) is 24.0 Å². The van der Waals surface area contributed by atoms with Crippen LogP contribution in [0.1, 0.15) is 0 Å². The maximum atomic E-state index is 3.25. The summed E-state index contributed by atoms with van der Waals surface area (Å²) < 4.78 is 0. The van der Waals surface area contributed by atoms with Crippen molar-refractivity contribution in [3.63, 3.8) is 0 Å². The van der Waals surface area contributed by atoms with Crippen molar-refractivity contribution < 1.29 is 0 Å². The molecule has 6 heteroatoms. The van der Waals surface area contributed by atoms with E-state index in [1.54, 1.807) is 0 Å². The van der Waals surface area contributed by atoms with Gasteiger partial charge in [0.2, 0.25) is 0 Å². The molecular formula is C4H10AsBr3S2. The van der Waals surface area contributed by atoms with Crippen molar-refractivity contribution in [3.8, 4) is 0 Å². The van der Waals surface area contributed by atoms with Gasteiger partial charge in [-0.25, -0.2) is 0 Å². The van der Waals surface area contributed by atoms with Gasteiger partial charge in [-0.05, 0) is 12.5 Å². The summed E-state index contributed by atoms with van der Waals surface area (Å²) in [5.74, 6) is 2.59. The van der Waals surface area contributed by atoms with E-state index in [0.29, 0.717) is 0 Å². The van der Waals surface area contributed by atoms with Crippen LogP contribution in [0.5, 0.6) is 0 Å². The minimum Gasteiger partial charge on any atom is -0.165 e. The fourth-order valence-electron chi connectivity index (χ4n) is 0.167. The van der Waals surface area contributed by atoms with E-state index in [-0.39, 0.29) is 0 Å². The Balaban J connectivity index is 0. The van der Waals surface area contributed by atoms with Crippen molar-refractivity contribution in [1.82, 2.24) is 0 Å². The zero-order valence-corrected chi connectivity index (χ0v) is 14.1. The fourth-order valence-corrected chi connectivity index (χ4v) is 1.50. The second-order valence-electron chi connectivity index (χ2n) is 1.18. The Morgan fingerprint density at radius 2 is 1.20 bits per heavy atom. The van der Waals surface area contributed by atoms with Crippen LogP contribution < -0.4 is 0 Å². The SMILES string of the molecule is Br[As](Br)Br.CSCCSC. The van der Waals surface area contributed by atoms with E-state index < -0.39 is 9.06 Å². The van der Waals surface area contributed by atoms with Gasteiger partial charge in [0.15, 0.2) is 0 Å². The molecule has 0 aliphatic carbocycles. The summed E-state index contributed by atoms with van der Waals surface area (Å²) in [5.41, 5.74) is 0. The molecule has 0 saturated heterocycles. The molecule has 0 spiro atoms. The zero-order chi connectivity index (χ0) is 8.41. The van der Waals surface area contributed by atoms with Crippen molar-refractivity contribution in [2.24, 2.45) is 0 Å². The normalized spacial score (nSPS) is 9.00. The second-order valence-corrected chi connectivity index (χ2v) is 29.8. The molecular weight excluding hydrogens is 427 g/mol. The van der Waals surface area contributed by atoms with Gasteiger partial charge in [0.1, 0.15) is 0 Å². The Morgan fingerprint density at radius 3 is 1.30 bits per heavy atom. The standard InChI is InChI=1S/C4H10S2.AsBr3/c1-5-3-4-6-2;2-1(3)4/h3-4H2,1-2H3;. The van der Waals surface area contributed by atoms with Crippen LogP contribution in [0.3, 0.4) is 0 Å². The van der Waals surface area contributed by atoms with Crippen molar-refractivity contribution in [3.05, 3.63) is 0 Å². The van der Waals surface area contributed by atoms with Gasteiger partial charge >= 0.3 is 50.9 Å². The van der Waals surface area contributed by atoms with Gasteiger partial charge in [0.05, 0.1) is 0 Å². The molecule has 0 aliphatic rings. The molecule has 0 aromatic rings. The van der Waals surface area contributed by atoms with Crippen LogP contribution in [-0.4, -0.2) is 33.1 Å². The minimum atomic E-state index is -0.750. The van der Waals surface area contributed by atoms with E-state index in [0.717, 1.165) is 0 Å². The average Bonchev–Trinajstić information content (AvgIpc) is 1.82. The summed E-state index contributed by atoms with van der Waals surface area (Å²) in [6.07, 6.45) is 4.27. The van der Waals surface area contributed by atoms with Crippen molar-refractivity contribution in [2.45, 2.75) is 0 Å². The van der Waals surface area contributed by atoms with Gasteiger partial charge in [0, 0.05) is 11.5 Å². The molecule has 0 amide bonds. The molecule has 0 aromatic carbocycles. The Morgan fingerprint density at radius 1 is 1.00 bits per heavy atom. The number of hydrogen-bond donors (Lipinski definition) is 0. The van der Waals surface area contributed by atoms with E-state index in [1.165, 1.54) is 11.5 Å². The first-order valence-electron chi connectivity index (χ1n) is 2.40. The maximum absolute atomic E-state index is 3.25. The van der Waals surface area contributed by atoms with Gasteiger partial charge in [-0.1, -0.05) is 0 Å². The Kier molecular flexibility index (Phi) is 21.6. The average molecular weight is 437 g/mol. The maximum Gasteiger partial charge on any atom is 0.00207 e. The Hall–Kier alpha value is 2.70. The topological polar surface area (TPSA) is 0 Å². The first-order valence-corrected chi connectivity index (χ1v) is 18.4. The van der Waals surface area contributed by atoms with Gasteiger partial charge < -0.3 is 0 Å². The minimum absolute atomic E-state index is 0.750. The molecule has 0 nitrogen and oxygen atoms in total. The molecule has 0 fully saturated rings. The molecule has 0 heterocycles. The number of hydrogen-bond acceptors (Lipinski definition) is 2. The summed E-state index contributed by atoms with van der Waals surface area (Å²) in [6, 6.07) is 0. The van der Waals surface area contributed by atoms with E-state index in [9.17, 15) is 0 Å². The molecule has 0 radical (unpaired) electrons. The molecule has 0 rings (SSSR count). The Bertz CT molecular complexity index is 49.0. The molecule has 0 unspecified atom stereocenters. The predicted molar refractivity (Wildman–Crippen MR) is 69.3 cm³/mol. The third-order valence-electron chi connectivity index (χ3n) is 0.492. The summed E-state index contributed by atoms with van der Waals surface area (Å²) in [7, 11) is -0.750. The number of rotatable bonds is 3. The van der Waals surface area contributed by atoms with E-state index in [1.807, 2.05) is 23.5 Å². The summed E-state index contributed by atoms with van der Waals surface area (Å²) >= 11 is 13.6. The zero-order valence-electron chi connectivity index (χ0n) is 5.81. The molecule has 0 bridgehead atoms. The third kappa shape index (κ3) is 31.0. The Labute approximate surface area is 97.0 Å². The van der Waals surface area contributed by atoms with Crippen LogP contribution >= 0.6 is 65.3 Å². The van der Waals surface area contributed by atoms with E-state index in [2.05, 4.69) is 54.3 Å². The van der Waals surface area contributed by atoms with Crippen LogP contribution in [0.4, 0.5) is 0 Å². The van der Waals surface area contributed by atoms with Gasteiger partial charge in [-0.15, -0.1) is 0 Å². The van der Waals surface area contributed by atoms with Crippen LogP contribution in [0, 0.1) is 0 Å². The number of thioether (sulfide) groups is 2. The first kappa shape index (κ1) is 15.2. The van der Waals surface area contributed by atoms with Crippen molar-refractivity contribution >= 4 is 74.4 Å². The monoisotopic (exact) mass is 434 g/mol. The van der Waals surface area contributed by atoms with E-state index >= 15 is 0 Å². The second kappa shape index (κ2) is 14.2. The summed E-state index contributed by atoms with van der Waals surface area (Å²) in [4.78, 5) is 0. The smallest absolute Gasteiger partial charge is 0.00207 e. The largest absolute Gasteiger partial charge is 0.165 e.